The van der Waals surface area contributed by atoms with Crippen LogP contribution < -0.4 is 9.04 Å². The van der Waals surface area contributed by atoms with Crippen LogP contribution in [0.5, 0.6) is 5.75 Å². The third-order valence-electron chi connectivity index (χ3n) is 2.60. The van der Waals surface area contributed by atoms with Gasteiger partial charge in [-0.1, -0.05) is 12.1 Å². The van der Waals surface area contributed by atoms with E-state index in [1.807, 2.05) is 32.0 Å². The van der Waals surface area contributed by atoms with Gasteiger partial charge in [-0.05, 0) is 32.4 Å². The number of para-hydroxylation sites is 2. The first-order chi connectivity index (χ1) is 8.00. The summed E-state index contributed by atoms with van der Waals surface area (Å²) in [5, 5.41) is 0. The summed E-state index contributed by atoms with van der Waals surface area (Å²) >= 11 is 0. The molecule has 1 saturated heterocycles. The van der Waals surface area contributed by atoms with Gasteiger partial charge >= 0.3 is 0 Å². The summed E-state index contributed by atoms with van der Waals surface area (Å²) in [4.78, 5) is 0. The standard InChI is InChI=1S/C12H17NO3S/c1-10(2)16-12-7-4-3-6-11(12)13-8-5-9-17(13,14)15/h3-4,6-7,10H,5,8-9H2,1-2H3. The Kier molecular flexibility index (Phi) is 3.28. The van der Waals surface area contributed by atoms with Crippen molar-refractivity contribution in [1.82, 2.24) is 0 Å². The molecule has 1 aromatic carbocycles. The molecule has 0 aromatic heterocycles. The maximum atomic E-state index is 11.9. The van der Waals surface area contributed by atoms with Crippen molar-refractivity contribution >= 4 is 15.7 Å². The molecule has 0 atom stereocenters. The Bertz CT molecular complexity index is 496. The van der Waals surface area contributed by atoms with E-state index in [2.05, 4.69) is 0 Å². The number of sulfonamides is 1. The summed E-state index contributed by atoms with van der Waals surface area (Å²) < 4.78 is 30.8. The molecule has 17 heavy (non-hydrogen) atoms. The summed E-state index contributed by atoms with van der Waals surface area (Å²) in [5.41, 5.74) is 0.652. The lowest BCUT2D eigenvalue weighted by atomic mass is 10.3. The Hall–Kier alpha value is -1.23. The second-order valence-electron chi connectivity index (χ2n) is 4.38. The van der Waals surface area contributed by atoms with Crippen molar-refractivity contribution in [2.75, 3.05) is 16.6 Å². The van der Waals surface area contributed by atoms with Gasteiger partial charge in [-0.25, -0.2) is 8.42 Å². The molecule has 0 amide bonds. The lowest BCUT2D eigenvalue weighted by Crippen LogP contribution is -2.26. The molecule has 94 valence electrons. The van der Waals surface area contributed by atoms with Crippen LogP contribution in [-0.4, -0.2) is 26.8 Å². The highest BCUT2D eigenvalue weighted by molar-refractivity contribution is 7.93. The number of hydrogen-bond acceptors (Lipinski definition) is 3. The van der Waals surface area contributed by atoms with Crippen molar-refractivity contribution in [2.24, 2.45) is 0 Å². The van der Waals surface area contributed by atoms with E-state index in [0.717, 1.165) is 0 Å². The van der Waals surface area contributed by atoms with Crippen molar-refractivity contribution in [2.45, 2.75) is 26.4 Å². The van der Waals surface area contributed by atoms with Gasteiger partial charge in [-0.2, -0.15) is 0 Å². The lowest BCUT2D eigenvalue weighted by Gasteiger charge is -2.21. The zero-order chi connectivity index (χ0) is 12.5. The first-order valence-electron chi connectivity index (χ1n) is 5.77. The molecule has 0 bridgehead atoms. The smallest absolute Gasteiger partial charge is 0.235 e. The molecule has 0 spiro atoms. The minimum absolute atomic E-state index is 0.0291. The highest BCUT2D eigenvalue weighted by Gasteiger charge is 2.30. The third kappa shape index (κ3) is 2.54. The number of anilines is 1. The SMILES string of the molecule is CC(C)Oc1ccccc1N1CCCS1(=O)=O. The van der Waals surface area contributed by atoms with Crippen LogP contribution >= 0.6 is 0 Å². The molecule has 0 unspecified atom stereocenters. The van der Waals surface area contributed by atoms with Crippen molar-refractivity contribution in [3.8, 4) is 5.75 Å². The van der Waals surface area contributed by atoms with Gasteiger partial charge in [0.05, 0.1) is 17.5 Å². The number of ether oxygens (including phenoxy) is 1. The normalized spacial score (nSPS) is 18.6. The summed E-state index contributed by atoms with van der Waals surface area (Å²) in [6.45, 7) is 4.39. The molecular weight excluding hydrogens is 238 g/mol. The van der Waals surface area contributed by atoms with E-state index in [1.165, 1.54) is 4.31 Å². The van der Waals surface area contributed by atoms with E-state index in [-0.39, 0.29) is 11.9 Å². The molecule has 1 heterocycles. The average molecular weight is 255 g/mol. The number of nitrogens with zero attached hydrogens (tertiary/aromatic N) is 1. The molecule has 1 aliphatic heterocycles. The summed E-state index contributed by atoms with van der Waals surface area (Å²) in [6.07, 6.45) is 0.708. The molecule has 0 saturated carbocycles. The highest BCUT2D eigenvalue weighted by atomic mass is 32.2. The van der Waals surface area contributed by atoms with Crippen LogP contribution in [0.3, 0.4) is 0 Å². The first kappa shape index (κ1) is 12.2. The fraction of sp³-hybridized carbons (Fsp3) is 0.500. The molecule has 1 fully saturated rings. The van der Waals surface area contributed by atoms with Crippen LogP contribution in [0, 0.1) is 0 Å². The zero-order valence-corrected chi connectivity index (χ0v) is 10.9. The molecule has 0 N–H and O–H groups in total. The molecule has 4 nitrogen and oxygen atoms in total. The molecule has 2 rings (SSSR count). The van der Waals surface area contributed by atoms with Crippen LogP contribution in [0.4, 0.5) is 5.69 Å². The Morgan fingerprint density at radius 2 is 2.00 bits per heavy atom. The number of rotatable bonds is 3. The molecule has 0 radical (unpaired) electrons. The van der Waals surface area contributed by atoms with Crippen LogP contribution in [0.15, 0.2) is 24.3 Å². The largest absolute Gasteiger partial charge is 0.489 e. The van der Waals surface area contributed by atoms with Crippen molar-refractivity contribution in [1.29, 1.82) is 0 Å². The second-order valence-corrected chi connectivity index (χ2v) is 6.39. The molecular formula is C12H17NO3S. The summed E-state index contributed by atoms with van der Waals surface area (Å²) in [6, 6.07) is 7.28. The number of hydrogen-bond donors (Lipinski definition) is 0. The van der Waals surface area contributed by atoms with Crippen molar-refractivity contribution in [3.05, 3.63) is 24.3 Å². The van der Waals surface area contributed by atoms with Gasteiger partial charge in [0, 0.05) is 6.54 Å². The molecule has 0 aliphatic carbocycles. The van der Waals surface area contributed by atoms with Crippen LogP contribution in [0.1, 0.15) is 20.3 Å². The van der Waals surface area contributed by atoms with E-state index in [9.17, 15) is 8.42 Å². The van der Waals surface area contributed by atoms with Crippen molar-refractivity contribution < 1.29 is 13.2 Å². The Morgan fingerprint density at radius 1 is 1.29 bits per heavy atom. The highest BCUT2D eigenvalue weighted by Crippen LogP contribution is 2.33. The lowest BCUT2D eigenvalue weighted by molar-refractivity contribution is 0.243. The van der Waals surface area contributed by atoms with Crippen LogP contribution in [0.2, 0.25) is 0 Å². The van der Waals surface area contributed by atoms with Gasteiger partial charge < -0.3 is 4.74 Å². The minimum atomic E-state index is -3.15. The van der Waals surface area contributed by atoms with E-state index < -0.39 is 10.0 Å². The Labute approximate surface area is 102 Å². The van der Waals surface area contributed by atoms with Gasteiger partial charge in [0.2, 0.25) is 10.0 Å². The fourth-order valence-electron chi connectivity index (χ4n) is 1.93. The Balaban J connectivity index is 2.38. The quantitative estimate of drug-likeness (QED) is 0.830. The predicted octanol–water partition coefficient (Wildman–Crippen LogP) is 2.01. The van der Waals surface area contributed by atoms with Crippen LogP contribution in [-0.2, 0) is 10.0 Å². The van der Waals surface area contributed by atoms with E-state index in [4.69, 9.17) is 4.74 Å². The third-order valence-corrected chi connectivity index (χ3v) is 4.45. The molecule has 5 heteroatoms. The minimum Gasteiger partial charge on any atom is -0.489 e. The zero-order valence-electron chi connectivity index (χ0n) is 10.1. The first-order valence-corrected chi connectivity index (χ1v) is 7.38. The Morgan fingerprint density at radius 3 is 2.59 bits per heavy atom. The topological polar surface area (TPSA) is 46.6 Å². The van der Waals surface area contributed by atoms with Gasteiger partial charge in [0.15, 0.2) is 0 Å². The number of benzene rings is 1. The molecule has 1 aliphatic rings. The van der Waals surface area contributed by atoms with E-state index in [0.29, 0.717) is 24.4 Å². The maximum absolute atomic E-state index is 11.9. The summed E-state index contributed by atoms with van der Waals surface area (Å²) in [7, 11) is -3.15. The monoisotopic (exact) mass is 255 g/mol. The van der Waals surface area contributed by atoms with Crippen molar-refractivity contribution in [3.63, 3.8) is 0 Å². The fourth-order valence-corrected chi connectivity index (χ4v) is 3.50. The van der Waals surface area contributed by atoms with Gasteiger partial charge in [0.25, 0.3) is 0 Å². The van der Waals surface area contributed by atoms with Gasteiger partial charge in [-0.3, -0.25) is 4.31 Å². The summed E-state index contributed by atoms with van der Waals surface area (Å²) in [5.74, 6) is 0.858. The second kappa shape index (κ2) is 4.56. The molecule has 1 aromatic rings. The van der Waals surface area contributed by atoms with Gasteiger partial charge in [0.1, 0.15) is 5.75 Å². The van der Waals surface area contributed by atoms with Crippen LogP contribution in [0.25, 0.3) is 0 Å². The average Bonchev–Trinajstić information content (AvgIpc) is 2.58. The van der Waals surface area contributed by atoms with E-state index >= 15 is 0 Å². The maximum Gasteiger partial charge on any atom is 0.235 e. The van der Waals surface area contributed by atoms with Gasteiger partial charge in [-0.15, -0.1) is 0 Å². The predicted molar refractivity (Wildman–Crippen MR) is 68.0 cm³/mol. The van der Waals surface area contributed by atoms with E-state index in [1.54, 1.807) is 6.07 Å².